The molecule has 0 aromatic carbocycles. The smallest absolute Gasteiger partial charge is 0.217 e. The summed E-state index contributed by atoms with van der Waals surface area (Å²) in [7, 11) is 2.08. The molecule has 0 aromatic rings. The molecule has 82 valence electrons. The van der Waals surface area contributed by atoms with Crippen LogP contribution >= 0.6 is 0 Å². The monoisotopic (exact) mass is 200 g/mol. The Morgan fingerprint density at radius 3 is 2.93 bits per heavy atom. The lowest BCUT2D eigenvalue weighted by atomic mass is 9.91. The van der Waals surface area contributed by atoms with Gasteiger partial charge in [0.25, 0.3) is 0 Å². The number of aliphatic hydroxyl groups excluding tert-OH is 1. The first kappa shape index (κ1) is 11.5. The van der Waals surface area contributed by atoms with Gasteiger partial charge in [-0.15, -0.1) is 0 Å². The Balaban J connectivity index is 2.46. The van der Waals surface area contributed by atoms with Gasteiger partial charge in [0.05, 0.1) is 12.6 Å². The van der Waals surface area contributed by atoms with Gasteiger partial charge in [-0.1, -0.05) is 0 Å². The minimum absolute atomic E-state index is 0.0398. The van der Waals surface area contributed by atoms with Crippen LogP contribution in [0.25, 0.3) is 0 Å². The van der Waals surface area contributed by atoms with Crippen molar-refractivity contribution in [1.82, 2.24) is 10.2 Å². The molecule has 0 saturated carbocycles. The third kappa shape index (κ3) is 3.27. The number of likely N-dealkylation sites (tertiary alicyclic amines) is 1. The number of piperidine rings is 1. The number of carbonyl (C=O) groups is 1. The van der Waals surface area contributed by atoms with Gasteiger partial charge >= 0.3 is 0 Å². The predicted octanol–water partition coefficient (Wildman–Crippen LogP) is -0.175. The zero-order valence-electron chi connectivity index (χ0n) is 8.99. The molecule has 1 fully saturated rings. The molecular weight excluding hydrogens is 180 g/mol. The Morgan fingerprint density at radius 2 is 2.43 bits per heavy atom. The van der Waals surface area contributed by atoms with Crippen LogP contribution in [0.5, 0.6) is 0 Å². The van der Waals surface area contributed by atoms with E-state index in [1.54, 1.807) is 0 Å². The Morgan fingerprint density at radius 1 is 1.71 bits per heavy atom. The third-order valence-corrected chi connectivity index (χ3v) is 2.82. The van der Waals surface area contributed by atoms with Crippen molar-refractivity contribution in [3.8, 4) is 0 Å². The predicted molar refractivity (Wildman–Crippen MR) is 54.9 cm³/mol. The SMILES string of the molecule is CC(=O)NC(CO)C1CCCN(C)C1. The van der Waals surface area contributed by atoms with Crippen LogP contribution < -0.4 is 5.32 Å². The first-order valence-corrected chi connectivity index (χ1v) is 5.20. The quantitative estimate of drug-likeness (QED) is 0.665. The molecule has 2 N–H and O–H groups in total. The number of hydrogen-bond acceptors (Lipinski definition) is 3. The second-order valence-electron chi connectivity index (χ2n) is 4.15. The first-order valence-electron chi connectivity index (χ1n) is 5.20. The van der Waals surface area contributed by atoms with Crippen molar-refractivity contribution in [2.45, 2.75) is 25.8 Å². The molecule has 1 aliphatic rings. The molecule has 0 aromatic heterocycles. The Bertz CT molecular complexity index is 197. The third-order valence-electron chi connectivity index (χ3n) is 2.82. The maximum atomic E-state index is 10.9. The van der Waals surface area contributed by atoms with Crippen LogP contribution in [0.2, 0.25) is 0 Å². The molecule has 0 bridgehead atoms. The van der Waals surface area contributed by atoms with Crippen LogP contribution in [0, 0.1) is 5.92 Å². The molecule has 1 aliphatic heterocycles. The highest BCUT2D eigenvalue weighted by Gasteiger charge is 2.25. The summed E-state index contributed by atoms with van der Waals surface area (Å²) in [5, 5.41) is 12.0. The van der Waals surface area contributed by atoms with Crippen molar-refractivity contribution in [1.29, 1.82) is 0 Å². The minimum Gasteiger partial charge on any atom is -0.394 e. The number of nitrogens with zero attached hydrogens (tertiary/aromatic N) is 1. The highest BCUT2D eigenvalue weighted by molar-refractivity contribution is 5.73. The summed E-state index contributed by atoms with van der Waals surface area (Å²) in [6, 6.07) is -0.0738. The minimum atomic E-state index is -0.0738. The van der Waals surface area contributed by atoms with E-state index in [1.165, 1.54) is 6.92 Å². The van der Waals surface area contributed by atoms with Crippen LogP contribution in [0.4, 0.5) is 0 Å². The molecule has 14 heavy (non-hydrogen) atoms. The highest BCUT2D eigenvalue weighted by atomic mass is 16.3. The number of carbonyl (C=O) groups excluding carboxylic acids is 1. The average Bonchev–Trinajstić information content (AvgIpc) is 2.14. The van der Waals surface area contributed by atoms with E-state index in [9.17, 15) is 9.90 Å². The summed E-state index contributed by atoms with van der Waals surface area (Å²) in [4.78, 5) is 13.2. The molecule has 1 saturated heterocycles. The first-order chi connectivity index (χ1) is 6.63. The molecule has 4 heteroatoms. The van der Waals surface area contributed by atoms with Gasteiger partial charge in [-0.25, -0.2) is 0 Å². The van der Waals surface area contributed by atoms with Gasteiger partial charge in [0.2, 0.25) is 5.91 Å². The summed E-state index contributed by atoms with van der Waals surface area (Å²) < 4.78 is 0. The van der Waals surface area contributed by atoms with Gasteiger partial charge < -0.3 is 15.3 Å². The van der Waals surface area contributed by atoms with Crippen LogP contribution in [0.3, 0.4) is 0 Å². The molecule has 0 radical (unpaired) electrons. The number of amides is 1. The molecule has 2 unspecified atom stereocenters. The Labute approximate surface area is 85.3 Å². The van der Waals surface area contributed by atoms with Crippen LogP contribution in [0.15, 0.2) is 0 Å². The van der Waals surface area contributed by atoms with E-state index in [2.05, 4.69) is 17.3 Å². The van der Waals surface area contributed by atoms with Gasteiger partial charge in [-0.05, 0) is 32.4 Å². The lowest BCUT2D eigenvalue weighted by molar-refractivity contribution is -0.120. The van der Waals surface area contributed by atoms with Crippen molar-refractivity contribution >= 4 is 5.91 Å². The van der Waals surface area contributed by atoms with E-state index in [0.29, 0.717) is 5.92 Å². The van der Waals surface area contributed by atoms with Gasteiger partial charge in [0, 0.05) is 13.5 Å². The molecule has 0 aliphatic carbocycles. The van der Waals surface area contributed by atoms with E-state index in [4.69, 9.17) is 0 Å². The normalized spacial score (nSPS) is 25.8. The van der Waals surface area contributed by atoms with E-state index in [-0.39, 0.29) is 18.6 Å². The van der Waals surface area contributed by atoms with E-state index in [1.807, 2.05) is 0 Å². The molecule has 4 nitrogen and oxygen atoms in total. The zero-order chi connectivity index (χ0) is 10.6. The van der Waals surface area contributed by atoms with Gasteiger partial charge in [-0.3, -0.25) is 4.79 Å². The highest BCUT2D eigenvalue weighted by Crippen LogP contribution is 2.18. The topological polar surface area (TPSA) is 52.6 Å². The number of hydrogen-bond donors (Lipinski definition) is 2. The summed E-state index contributed by atoms with van der Waals surface area (Å²) in [5.41, 5.74) is 0. The number of nitrogens with one attached hydrogen (secondary N) is 1. The second-order valence-corrected chi connectivity index (χ2v) is 4.15. The van der Waals surface area contributed by atoms with Gasteiger partial charge in [-0.2, -0.15) is 0 Å². The molecule has 2 atom stereocenters. The molecule has 1 amide bonds. The van der Waals surface area contributed by atoms with Crippen molar-refractivity contribution in [2.75, 3.05) is 26.7 Å². The van der Waals surface area contributed by atoms with E-state index < -0.39 is 0 Å². The number of rotatable bonds is 3. The summed E-state index contributed by atoms with van der Waals surface area (Å²) in [5.74, 6) is 0.333. The molecule has 1 rings (SSSR count). The van der Waals surface area contributed by atoms with Crippen molar-refractivity contribution < 1.29 is 9.90 Å². The largest absolute Gasteiger partial charge is 0.394 e. The fourth-order valence-corrected chi connectivity index (χ4v) is 2.11. The zero-order valence-corrected chi connectivity index (χ0v) is 8.99. The average molecular weight is 200 g/mol. The van der Waals surface area contributed by atoms with E-state index >= 15 is 0 Å². The van der Waals surface area contributed by atoms with Crippen molar-refractivity contribution in [3.63, 3.8) is 0 Å². The fourth-order valence-electron chi connectivity index (χ4n) is 2.11. The summed E-state index contributed by atoms with van der Waals surface area (Å²) in [6.45, 7) is 3.62. The van der Waals surface area contributed by atoms with Gasteiger partial charge in [0.1, 0.15) is 0 Å². The summed E-state index contributed by atoms with van der Waals surface area (Å²) in [6.07, 6.45) is 2.24. The molecule has 0 spiro atoms. The summed E-state index contributed by atoms with van der Waals surface area (Å²) >= 11 is 0. The maximum Gasteiger partial charge on any atom is 0.217 e. The second kappa shape index (κ2) is 5.32. The van der Waals surface area contributed by atoms with Crippen LogP contribution in [-0.4, -0.2) is 48.7 Å². The fraction of sp³-hybridized carbons (Fsp3) is 0.900. The Kier molecular flexibility index (Phi) is 4.35. The van der Waals surface area contributed by atoms with Crippen molar-refractivity contribution in [2.24, 2.45) is 5.92 Å². The lowest BCUT2D eigenvalue weighted by Gasteiger charge is -2.34. The van der Waals surface area contributed by atoms with Gasteiger partial charge in [0.15, 0.2) is 0 Å². The maximum absolute atomic E-state index is 10.9. The Hall–Kier alpha value is -0.610. The van der Waals surface area contributed by atoms with Crippen molar-refractivity contribution in [3.05, 3.63) is 0 Å². The molecular formula is C10H20N2O2. The van der Waals surface area contributed by atoms with E-state index in [0.717, 1.165) is 25.9 Å². The lowest BCUT2D eigenvalue weighted by Crippen LogP contribution is -2.47. The van der Waals surface area contributed by atoms with Crippen LogP contribution in [-0.2, 0) is 4.79 Å². The molecule has 1 heterocycles. The standard InChI is InChI=1S/C10H20N2O2/c1-8(14)11-10(7-13)9-4-3-5-12(2)6-9/h9-10,13H,3-7H2,1-2H3,(H,11,14). The van der Waals surface area contributed by atoms with Crippen LogP contribution in [0.1, 0.15) is 19.8 Å². The number of aliphatic hydroxyl groups is 1.